The van der Waals surface area contributed by atoms with Gasteiger partial charge in [-0.2, -0.15) is 9.64 Å². The van der Waals surface area contributed by atoms with Gasteiger partial charge in [0.1, 0.15) is 16.6 Å². The van der Waals surface area contributed by atoms with Gasteiger partial charge in [0.25, 0.3) is 0 Å². The minimum atomic E-state index is 0.277. The van der Waals surface area contributed by atoms with E-state index in [9.17, 15) is 0 Å². The summed E-state index contributed by atoms with van der Waals surface area (Å²) in [6.45, 7) is 2.73. The molecule has 0 amide bonds. The molecule has 0 atom stereocenters. The Balaban J connectivity index is 1.74. The van der Waals surface area contributed by atoms with Gasteiger partial charge in [-0.3, -0.25) is 0 Å². The Morgan fingerprint density at radius 2 is 2.26 bits per heavy atom. The molecule has 2 aromatic rings. The van der Waals surface area contributed by atoms with Crippen LogP contribution in [-0.4, -0.2) is 11.2 Å². The van der Waals surface area contributed by atoms with Crippen LogP contribution in [-0.2, 0) is 6.54 Å². The Labute approximate surface area is 114 Å². The Morgan fingerprint density at radius 3 is 3.11 bits per heavy atom. The third-order valence-corrected chi connectivity index (χ3v) is 3.76. The normalized spacial score (nSPS) is 12.2. The maximum atomic E-state index is 9.05. The van der Waals surface area contributed by atoms with Gasteiger partial charge in [0.15, 0.2) is 11.5 Å². The van der Waals surface area contributed by atoms with Crippen molar-refractivity contribution in [2.75, 3.05) is 12.1 Å². The maximum Gasteiger partial charge on any atom is 0.231 e. The van der Waals surface area contributed by atoms with E-state index in [-0.39, 0.29) is 6.79 Å². The number of ether oxygens (including phenoxy) is 2. The minimum Gasteiger partial charge on any atom is -0.454 e. The van der Waals surface area contributed by atoms with Crippen molar-refractivity contribution >= 4 is 16.5 Å². The summed E-state index contributed by atoms with van der Waals surface area (Å²) >= 11 is 1.31. The largest absolute Gasteiger partial charge is 0.454 e. The summed E-state index contributed by atoms with van der Waals surface area (Å²) in [5.41, 5.74) is 2.45. The number of rotatable bonds is 3. The lowest BCUT2D eigenvalue weighted by molar-refractivity contribution is 0.174. The fourth-order valence-electron chi connectivity index (χ4n) is 1.86. The highest BCUT2D eigenvalue weighted by atomic mass is 32.1. The molecule has 2 heterocycles. The van der Waals surface area contributed by atoms with Crippen molar-refractivity contribution in [1.82, 2.24) is 4.37 Å². The highest BCUT2D eigenvalue weighted by molar-refractivity contribution is 7.10. The second kappa shape index (κ2) is 4.78. The molecule has 0 unspecified atom stereocenters. The molecule has 1 aliphatic heterocycles. The molecule has 0 spiro atoms. The number of hydrogen-bond acceptors (Lipinski definition) is 6. The molecule has 5 nitrogen and oxygen atoms in total. The summed E-state index contributed by atoms with van der Waals surface area (Å²) in [6.07, 6.45) is 0. The van der Waals surface area contributed by atoms with E-state index in [0.29, 0.717) is 12.1 Å². The average Bonchev–Trinajstić information content (AvgIpc) is 3.01. The predicted octanol–water partition coefficient (Wildman–Crippen LogP) is 2.66. The number of aromatic nitrogens is 1. The summed E-state index contributed by atoms with van der Waals surface area (Å²) in [4.78, 5) is 0. The number of hydrogen-bond donors (Lipinski definition) is 1. The Bertz CT molecular complexity index is 660. The Kier molecular flexibility index (Phi) is 2.97. The van der Waals surface area contributed by atoms with Crippen molar-refractivity contribution in [2.45, 2.75) is 13.5 Å². The molecule has 0 bridgehead atoms. The number of anilines is 1. The van der Waals surface area contributed by atoms with Gasteiger partial charge in [-0.25, -0.2) is 0 Å². The van der Waals surface area contributed by atoms with Crippen molar-refractivity contribution in [3.63, 3.8) is 0 Å². The number of fused-ring (bicyclic) bond motifs is 1. The van der Waals surface area contributed by atoms with Gasteiger partial charge >= 0.3 is 0 Å². The van der Waals surface area contributed by atoms with Crippen LogP contribution in [0.4, 0.5) is 5.00 Å². The number of aryl methyl sites for hydroxylation is 1. The van der Waals surface area contributed by atoms with Crippen molar-refractivity contribution in [3.05, 3.63) is 35.0 Å². The molecule has 0 radical (unpaired) electrons. The van der Waals surface area contributed by atoms with Crippen LogP contribution in [0.1, 0.15) is 16.8 Å². The topological polar surface area (TPSA) is 67.2 Å². The summed E-state index contributed by atoms with van der Waals surface area (Å²) < 4.78 is 14.8. The lowest BCUT2D eigenvalue weighted by atomic mass is 10.2. The third-order valence-electron chi connectivity index (χ3n) is 2.86. The van der Waals surface area contributed by atoms with Crippen molar-refractivity contribution < 1.29 is 9.47 Å². The van der Waals surface area contributed by atoms with Crippen LogP contribution >= 0.6 is 11.5 Å². The van der Waals surface area contributed by atoms with E-state index in [1.807, 2.05) is 25.1 Å². The summed E-state index contributed by atoms with van der Waals surface area (Å²) in [7, 11) is 0. The van der Waals surface area contributed by atoms with Gasteiger partial charge in [-0.05, 0) is 36.2 Å². The Hall–Kier alpha value is -2.26. The summed E-state index contributed by atoms with van der Waals surface area (Å²) in [5.74, 6) is 1.54. The standard InChI is InChI=1S/C13H11N3O2S/c1-8-10(5-14)13(19-16-8)15-6-9-2-3-11-12(4-9)18-7-17-11/h2-4,15H,6-7H2,1H3. The smallest absolute Gasteiger partial charge is 0.231 e. The first kappa shape index (κ1) is 11.8. The fraction of sp³-hybridized carbons (Fsp3) is 0.231. The highest BCUT2D eigenvalue weighted by Gasteiger charge is 2.14. The molecule has 0 saturated heterocycles. The predicted molar refractivity (Wildman–Crippen MR) is 71.5 cm³/mol. The van der Waals surface area contributed by atoms with Crippen LogP contribution in [0.2, 0.25) is 0 Å². The van der Waals surface area contributed by atoms with Crippen molar-refractivity contribution in [2.24, 2.45) is 0 Å². The van der Waals surface area contributed by atoms with Crippen LogP contribution < -0.4 is 14.8 Å². The second-order valence-corrected chi connectivity index (χ2v) is 4.90. The quantitative estimate of drug-likeness (QED) is 0.931. The van der Waals surface area contributed by atoms with Crippen LogP contribution in [0.3, 0.4) is 0 Å². The van der Waals surface area contributed by atoms with Gasteiger partial charge in [0.05, 0.1) is 5.69 Å². The third kappa shape index (κ3) is 2.20. The first-order valence-electron chi connectivity index (χ1n) is 5.76. The Morgan fingerprint density at radius 1 is 1.42 bits per heavy atom. The monoisotopic (exact) mass is 273 g/mol. The average molecular weight is 273 g/mol. The van der Waals surface area contributed by atoms with Gasteiger partial charge in [-0.1, -0.05) is 6.07 Å². The van der Waals surface area contributed by atoms with Crippen molar-refractivity contribution in [3.8, 4) is 17.6 Å². The number of benzene rings is 1. The van der Waals surface area contributed by atoms with E-state index >= 15 is 0 Å². The lowest BCUT2D eigenvalue weighted by Crippen LogP contribution is -1.99. The van der Waals surface area contributed by atoms with Crippen LogP contribution in [0.25, 0.3) is 0 Å². The van der Waals surface area contributed by atoms with Gasteiger partial charge < -0.3 is 14.8 Å². The van der Waals surface area contributed by atoms with Gasteiger partial charge in [0, 0.05) is 6.54 Å². The van der Waals surface area contributed by atoms with Crippen LogP contribution in [0.5, 0.6) is 11.5 Å². The first-order chi connectivity index (χ1) is 9.28. The highest BCUT2D eigenvalue weighted by Crippen LogP contribution is 2.33. The summed E-state index contributed by atoms with van der Waals surface area (Å²) in [5, 5.41) is 13.1. The van der Waals surface area contributed by atoms with Crippen LogP contribution in [0, 0.1) is 18.3 Å². The van der Waals surface area contributed by atoms with E-state index in [1.54, 1.807) is 0 Å². The molecule has 96 valence electrons. The molecular formula is C13H11N3O2S. The molecule has 0 aliphatic carbocycles. The molecule has 0 saturated carbocycles. The lowest BCUT2D eigenvalue weighted by Gasteiger charge is -2.05. The SMILES string of the molecule is Cc1nsc(NCc2ccc3c(c2)OCO3)c1C#N. The first-order valence-corrected chi connectivity index (χ1v) is 6.54. The molecule has 6 heteroatoms. The molecule has 0 fully saturated rings. The van der Waals surface area contributed by atoms with Gasteiger partial charge in [0.2, 0.25) is 6.79 Å². The molecule has 1 aromatic carbocycles. The molecule has 1 aromatic heterocycles. The number of nitrogens with zero attached hydrogens (tertiary/aromatic N) is 2. The zero-order valence-electron chi connectivity index (χ0n) is 10.3. The van der Waals surface area contributed by atoms with Crippen LogP contribution in [0.15, 0.2) is 18.2 Å². The van der Waals surface area contributed by atoms with E-state index in [4.69, 9.17) is 14.7 Å². The minimum absolute atomic E-state index is 0.277. The van der Waals surface area contributed by atoms with E-state index in [0.717, 1.165) is 27.8 Å². The molecule has 19 heavy (non-hydrogen) atoms. The van der Waals surface area contributed by atoms with Crippen molar-refractivity contribution in [1.29, 1.82) is 5.26 Å². The maximum absolute atomic E-state index is 9.05. The zero-order valence-corrected chi connectivity index (χ0v) is 11.1. The molecule has 3 rings (SSSR count). The molecule has 1 aliphatic rings. The number of nitrogens with one attached hydrogen (secondary N) is 1. The number of nitriles is 1. The van der Waals surface area contributed by atoms with E-state index < -0.39 is 0 Å². The summed E-state index contributed by atoms with van der Waals surface area (Å²) in [6, 6.07) is 7.97. The van der Waals surface area contributed by atoms with E-state index in [2.05, 4.69) is 15.8 Å². The second-order valence-electron chi connectivity index (χ2n) is 4.13. The van der Waals surface area contributed by atoms with Gasteiger partial charge in [-0.15, -0.1) is 0 Å². The van der Waals surface area contributed by atoms with E-state index in [1.165, 1.54) is 11.5 Å². The fourth-order valence-corrected chi connectivity index (χ4v) is 2.60. The molecular weight excluding hydrogens is 262 g/mol. The zero-order chi connectivity index (χ0) is 13.2. The molecule has 1 N–H and O–H groups in total.